The van der Waals surface area contributed by atoms with E-state index in [9.17, 15) is 0 Å². The molecule has 4 nitrogen and oxygen atoms in total. The summed E-state index contributed by atoms with van der Waals surface area (Å²) in [6.45, 7) is 3.26. The predicted molar refractivity (Wildman–Crippen MR) is 45.0 cm³/mol. The Morgan fingerprint density at radius 3 is 2.50 bits per heavy atom. The molecule has 0 aliphatic carbocycles. The van der Waals surface area contributed by atoms with Crippen molar-refractivity contribution < 1.29 is 5.11 Å². The average molecular weight is 165 g/mol. The van der Waals surface area contributed by atoms with E-state index in [4.69, 9.17) is 5.11 Å². The van der Waals surface area contributed by atoms with Gasteiger partial charge in [-0.1, -0.05) is 0 Å². The highest BCUT2D eigenvalue weighted by molar-refractivity contribution is 5.45. The van der Waals surface area contributed by atoms with Gasteiger partial charge in [-0.25, -0.2) is 9.97 Å². The molecule has 1 aromatic heterocycles. The smallest absolute Gasteiger partial charge is 0.125 e. The molecular weight excluding hydrogens is 154 g/mol. The Balaban J connectivity index is 2.09. The molecule has 64 valence electrons. The Bertz CT molecular complexity index is 266. The van der Waals surface area contributed by atoms with Crippen LogP contribution in [-0.4, -0.2) is 34.3 Å². The normalized spacial score (nSPS) is 17.7. The largest absolute Gasteiger partial charge is 0.389 e. The summed E-state index contributed by atoms with van der Waals surface area (Å²) in [5.74, 6) is 0.778. The molecule has 0 unspecified atom stereocenters. The lowest BCUT2D eigenvalue weighted by molar-refractivity contribution is 0.142. The zero-order chi connectivity index (χ0) is 8.55. The van der Waals surface area contributed by atoms with E-state index in [1.165, 1.54) is 0 Å². The molecule has 1 aliphatic rings. The minimum Gasteiger partial charge on any atom is -0.389 e. The van der Waals surface area contributed by atoms with Crippen LogP contribution in [0.25, 0.3) is 0 Å². The van der Waals surface area contributed by atoms with Crippen LogP contribution in [0.5, 0.6) is 0 Å². The Kier molecular flexibility index (Phi) is 1.69. The maximum Gasteiger partial charge on any atom is 0.125 e. The molecule has 4 heteroatoms. The lowest BCUT2D eigenvalue weighted by atomic mass is 10.1. The summed E-state index contributed by atoms with van der Waals surface area (Å²) in [6.07, 6.45) is 3.40. The maximum absolute atomic E-state index is 9.05. The zero-order valence-electron chi connectivity index (χ0n) is 6.94. The summed E-state index contributed by atoms with van der Waals surface area (Å²) in [6, 6.07) is 0. The molecule has 0 radical (unpaired) electrons. The monoisotopic (exact) mass is 165 g/mol. The molecule has 1 aliphatic heterocycles. The van der Waals surface area contributed by atoms with Crippen molar-refractivity contribution in [2.24, 2.45) is 0 Å². The number of hydrogen-bond acceptors (Lipinski definition) is 4. The van der Waals surface area contributed by atoms with Gasteiger partial charge in [-0.15, -0.1) is 0 Å². The Hall–Kier alpha value is -1.16. The van der Waals surface area contributed by atoms with Crippen LogP contribution < -0.4 is 4.90 Å². The van der Waals surface area contributed by atoms with E-state index >= 15 is 0 Å². The molecule has 0 bridgehead atoms. The molecular formula is C8H11N3O. The molecule has 2 rings (SSSR count). The topological polar surface area (TPSA) is 49.2 Å². The maximum atomic E-state index is 9.05. The summed E-state index contributed by atoms with van der Waals surface area (Å²) < 4.78 is 0. The van der Waals surface area contributed by atoms with E-state index in [0.717, 1.165) is 11.5 Å². The molecule has 1 N–H and O–H groups in total. The highest BCUT2D eigenvalue weighted by Gasteiger charge is 2.24. The van der Waals surface area contributed by atoms with Crippen LogP contribution in [0.2, 0.25) is 0 Å². The van der Waals surface area contributed by atoms with E-state index in [1.807, 2.05) is 11.8 Å². The first-order valence-corrected chi connectivity index (χ1v) is 3.97. The van der Waals surface area contributed by atoms with Gasteiger partial charge in [0.25, 0.3) is 0 Å². The van der Waals surface area contributed by atoms with Crippen molar-refractivity contribution >= 4 is 5.69 Å². The van der Waals surface area contributed by atoms with Gasteiger partial charge in [-0.3, -0.25) is 0 Å². The van der Waals surface area contributed by atoms with Crippen molar-refractivity contribution in [3.8, 4) is 0 Å². The van der Waals surface area contributed by atoms with E-state index < -0.39 is 0 Å². The fraction of sp³-hybridized carbons (Fsp3) is 0.500. The van der Waals surface area contributed by atoms with Crippen molar-refractivity contribution in [3.05, 3.63) is 18.2 Å². The number of nitrogens with zero attached hydrogens (tertiary/aromatic N) is 3. The van der Waals surface area contributed by atoms with Gasteiger partial charge in [0, 0.05) is 13.1 Å². The number of aliphatic hydroxyl groups is 1. The fourth-order valence-electron chi connectivity index (χ4n) is 1.22. The van der Waals surface area contributed by atoms with Gasteiger partial charge < -0.3 is 10.0 Å². The summed E-state index contributed by atoms with van der Waals surface area (Å²) in [4.78, 5) is 10.2. The molecule has 1 saturated heterocycles. The Morgan fingerprint density at radius 2 is 2.00 bits per heavy atom. The molecule has 0 saturated carbocycles. The van der Waals surface area contributed by atoms with Crippen molar-refractivity contribution in [2.75, 3.05) is 18.0 Å². The van der Waals surface area contributed by atoms with Crippen molar-refractivity contribution in [1.82, 2.24) is 9.97 Å². The molecule has 0 spiro atoms. The summed E-state index contributed by atoms with van der Waals surface area (Å²) in [7, 11) is 0. The van der Waals surface area contributed by atoms with Crippen molar-refractivity contribution in [2.45, 2.75) is 13.0 Å². The molecule has 2 heterocycles. The highest BCUT2D eigenvalue weighted by atomic mass is 16.3. The van der Waals surface area contributed by atoms with Crippen molar-refractivity contribution in [3.63, 3.8) is 0 Å². The fourth-order valence-corrected chi connectivity index (χ4v) is 1.22. The van der Waals surface area contributed by atoms with Gasteiger partial charge in [0.1, 0.15) is 5.82 Å². The summed E-state index contributed by atoms with van der Waals surface area (Å²) >= 11 is 0. The van der Waals surface area contributed by atoms with E-state index in [2.05, 4.69) is 9.97 Å². The van der Waals surface area contributed by atoms with Crippen molar-refractivity contribution in [1.29, 1.82) is 0 Å². The first kappa shape index (κ1) is 7.49. The third-order valence-electron chi connectivity index (χ3n) is 1.99. The number of aryl methyl sites for hydroxylation is 1. The zero-order valence-corrected chi connectivity index (χ0v) is 6.94. The number of anilines is 1. The van der Waals surface area contributed by atoms with Crippen LogP contribution in [0.3, 0.4) is 0 Å². The summed E-state index contributed by atoms with van der Waals surface area (Å²) in [5, 5.41) is 9.05. The van der Waals surface area contributed by atoms with Gasteiger partial charge >= 0.3 is 0 Å². The van der Waals surface area contributed by atoms with Gasteiger partial charge in [0.15, 0.2) is 0 Å². The second-order valence-corrected chi connectivity index (χ2v) is 3.05. The number of aromatic nitrogens is 2. The second kappa shape index (κ2) is 2.71. The Morgan fingerprint density at radius 1 is 1.42 bits per heavy atom. The SMILES string of the molecule is Cc1ncc(N2CC(O)C2)cn1. The third-order valence-corrected chi connectivity index (χ3v) is 1.99. The first-order chi connectivity index (χ1) is 5.75. The van der Waals surface area contributed by atoms with Crippen LogP contribution in [-0.2, 0) is 0 Å². The lowest BCUT2D eigenvalue weighted by Gasteiger charge is -2.37. The molecule has 1 aromatic rings. The third kappa shape index (κ3) is 1.25. The summed E-state index contributed by atoms with van der Waals surface area (Å²) in [5.41, 5.74) is 0.992. The minimum absolute atomic E-state index is 0.175. The minimum atomic E-state index is -0.175. The first-order valence-electron chi connectivity index (χ1n) is 3.97. The van der Waals surface area contributed by atoms with Crippen LogP contribution in [0.15, 0.2) is 12.4 Å². The van der Waals surface area contributed by atoms with Gasteiger partial charge in [-0.05, 0) is 6.92 Å². The van der Waals surface area contributed by atoms with Crippen LogP contribution in [0.4, 0.5) is 5.69 Å². The molecule has 0 aromatic carbocycles. The number of β-amino-alcohol motifs (C(OH)–C–C–N with tert-alkyl or cyclic N) is 1. The molecule has 1 fully saturated rings. The molecule has 0 amide bonds. The number of hydrogen-bond donors (Lipinski definition) is 1. The van der Waals surface area contributed by atoms with Gasteiger partial charge in [-0.2, -0.15) is 0 Å². The standard InChI is InChI=1S/C8H11N3O/c1-6-9-2-7(3-10-6)11-4-8(12)5-11/h2-3,8,12H,4-5H2,1H3. The van der Waals surface area contributed by atoms with E-state index in [1.54, 1.807) is 12.4 Å². The average Bonchev–Trinajstić information content (AvgIpc) is 2.01. The van der Waals surface area contributed by atoms with Gasteiger partial charge in [0.05, 0.1) is 24.2 Å². The quantitative estimate of drug-likeness (QED) is 0.634. The molecule has 0 atom stereocenters. The lowest BCUT2D eigenvalue weighted by Crippen LogP contribution is -2.50. The predicted octanol–water partition coefficient (Wildman–Crippen LogP) is -0.0341. The number of aliphatic hydroxyl groups excluding tert-OH is 1. The van der Waals surface area contributed by atoms with Crippen LogP contribution >= 0.6 is 0 Å². The van der Waals surface area contributed by atoms with E-state index in [0.29, 0.717) is 13.1 Å². The highest BCUT2D eigenvalue weighted by Crippen LogP contribution is 2.18. The van der Waals surface area contributed by atoms with Crippen LogP contribution in [0.1, 0.15) is 5.82 Å². The van der Waals surface area contributed by atoms with E-state index in [-0.39, 0.29) is 6.10 Å². The van der Waals surface area contributed by atoms with Gasteiger partial charge in [0.2, 0.25) is 0 Å². The Labute approximate surface area is 70.9 Å². The van der Waals surface area contributed by atoms with Crippen LogP contribution in [0, 0.1) is 6.92 Å². The number of rotatable bonds is 1. The molecule has 12 heavy (non-hydrogen) atoms. The second-order valence-electron chi connectivity index (χ2n) is 3.05.